The number of hydrogen-bond acceptors (Lipinski definition) is 6. The van der Waals surface area contributed by atoms with Gasteiger partial charge in [0.1, 0.15) is 5.82 Å². The summed E-state index contributed by atoms with van der Waals surface area (Å²) in [7, 11) is 2.21. The van der Waals surface area contributed by atoms with E-state index < -0.39 is 0 Å². The van der Waals surface area contributed by atoms with Crippen LogP contribution in [0.5, 0.6) is 0 Å². The number of anilines is 3. The van der Waals surface area contributed by atoms with Crippen molar-refractivity contribution in [2.45, 2.75) is 37.6 Å². The van der Waals surface area contributed by atoms with Gasteiger partial charge in [0.2, 0.25) is 5.91 Å². The van der Waals surface area contributed by atoms with E-state index in [4.69, 9.17) is 16.6 Å². The van der Waals surface area contributed by atoms with Gasteiger partial charge < -0.3 is 24.8 Å². The second-order valence-electron chi connectivity index (χ2n) is 12.7. The Morgan fingerprint density at radius 3 is 2.71 bits per heavy atom. The molecule has 41 heavy (non-hydrogen) atoms. The number of likely N-dealkylation sites (tertiary alicyclic amines) is 1. The van der Waals surface area contributed by atoms with Gasteiger partial charge in [0, 0.05) is 72.9 Å². The van der Waals surface area contributed by atoms with E-state index in [1.807, 2.05) is 36.4 Å². The van der Waals surface area contributed by atoms with Crippen LogP contribution in [0, 0.1) is 11.3 Å². The maximum absolute atomic E-state index is 12.9. The first-order valence-electron chi connectivity index (χ1n) is 14.6. The molecular formula is C32H34ClN7O. The third kappa shape index (κ3) is 4.83. The Kier molecular flexibility index (Phi) is 5.80. The first-order valence-corrected chi connectivity index (χ1v) is 15.0. The number of fused-ring (bicyclic) bond motifs is 1. The Morgan fingerprint density at radius 1 is 1.07 bits per heavy atom. The van der Waals surface area contributed by atoms with E-state index in [9.17, 15) is 4.79 Å². The Bertz CT molecular complexity index is 1650. The molecule has 0 radical (unpaired) electrons. The summed E-state index contributed by atoms with van der Waals surface area (Å²) < 4.78 is 2.22. The van der Waals surface area contributed by atoms with Crippen LogP contribution in [-0.2, 0) is 11.3 Å². The predicted molar refractivity (Wildman–Crippen MR) is 162 cm³/mol. The number of hydrogen-bond donors (Lipinski definition) is 2. The molecule has 4 aromatic rings. The summed E-state index contributed by atoms with van der Waals surface area (Å²) in [5.41, 5.74) is 7.21. The van der Waals surface area contributed by atoms with Crippen LogP contribution < -0.4 is 15.5 Å². The molecular weight excluding hydrogens is 534 g/mol. The average molecular weight is 568 g/mol. The van der Waals surface area contributed by atoms with E-state index in [0.29, 0.717) is 28.7 Å². The molecule has 3 aromatic heterocycles. The molecule has 8 nitrogen and oxygen atoms in total. The average Bonchev–Trinajstić information content (AvgIpc) is 3.85. The Labute approximate surface area is 244 Å². The molecule has 9 heteroatoms. The number of carbonyl (C=O) groups excluding carboxylic acids is 1. The van der Waals surface area contributed by atoms with Gasteiger partial charge in [-0.3, -0.25) is 4.79 Å². The van der Waals surface area contributed by atoms with Gasteiger partial charge in [0.05, 0.1) is 17.9 Å². The van der Waals surface area contributed by atoms with Gasteiger partial charge in [-0.05, 0) is 73.5 Å². The number of pyridine rings is 2. The van der Waals surface area contributed by atoms with Crippen LogP contribution in [0.2, 0.25) is 5.02 Å². The molecule has 2 saturated carbocycles. The van der Waals surface area contributed by atoms with Gasteiger partial charge in [0.25, 0.3) is 0 Å². The molecule has 2 aliphatic carbocycles. The highest BCUT2D eigenvalue weighted by atomic mass is 35.5. The maximum atomic E-state index is 12.9. The molecule has 2 atom stereocenters. The first-order chi connectivity index (χ1) is 19.9. The molecule has 4 fully saturated rings. The van der Waals surface area contributed by atoms with Crippen molar-refractivity contribution in [2.75, 3.05) is 48.8 Å². The largest absolute Gasteiger partial charge is 0.379 e. The highest BCUT2D eigenvalue weighted by Gasteiger charge is 2.51. The van der Waals surface area contributed by atoms with Crippen molar-refractivity contribution in [1.29, 1.82) is 0 Å². The minimum atomic E-state index is -0.0499. The molecule has 8 rings (SSSR count). The number of amides is 1. The lowest BCUT2D eigenvalue weighted by molar-refractivity contribution is -0.117. The van der Waals surface area contributed by atoms with Gasteiger partial charge in [-0.25, -0.2) is 9.97 Å². The Morgan fingerprint density at radius 2 is 1.93 bits per heavy atom. The lowest BCUT2D eigenvalue weighted by Crippen LogP contribution is -2.71. The summed E-state index contributed by atoms with van der Waals surface area (Å²) in [6.07, 6.45) is 9.54. The molecule has 2 N–H and O–H groups in total. The van der Waals surface area contributed by atoms with Crippen molar-refractivity contribution in [3.8, 4) is 0 Å². The number of nitrogens with zero attached hydrogens (tertiary/aromatic N) is 5. The van der Waals surface area contributed by atoms with Gasteiger partial charge in [-0.15, -0.1) is 0 Å². The summed E-state index contributed by atoms with van der Waals surface area (Å²) in [6, 6.07) is 14.0. The van der Waals surface area contributed by atoms with Crippen molar-refractivity contribution in [3.05, 3.63) is 82.9 Å². The zero-order valence-electron chi connectivity index (χ0n) is 23.2. The minimum Gasteiger partial charge on any atom is -0.379 e. The number of benzene rings is 1. The molecule has 2 aliphatic heterocycles. The fourth-order valence-corrected chi connectivity index (χ4v) is 7.15. The van der Waals surface area contributed by atoms with Crippen molar-refractivity contribution < 1.29 is 4.79 Å². The van der Waals surface area contributed by atoms with Gasteiger partial charge in [-0.1, -0.05) is 23.7 Å². The fourth-order valence-electron chi connectivity index (χ4n) is 6.95. The predicted octanol–water partition coefficient (Wildman–Crippen LogP) is 5.37. The van der Waals surface area contributed by atoms with Crippen molar-refractivity contribution >= 4 is 40.3 Å². The molecule has 5 heterocycles. The summed E-state index contributed by atoms with van der Waals surface area (Å²) in [5.74, 6) is 1.41. The first kappa shape index (κ1) is 25.1. The van der Waals surface area contributed by atoms with Crippen molar-refractivity contribution in [3.63, 3.8) is 0 Å². The summed E-state index contributed by atoms with van der Waals surface area (Å²) >= 11 is 6.14. The number of rotatable bonds is 8. The topological polar surface area (TPSA) is 77.8 Å². The lowest BCUT2D eigenvalue weighted by atomic mass is 9.73. The summed E-state index contributed by atoms with van der Waals surface area (Å²) in [6.45, 7) is 5.22. The third-order valence-electron chi connectivity index (χ3n) is 9.14. The maximum Gasteiger partial charge on any atom is 0.229 e. The number of aromatic nitrogens is 3. The second-order valence-corrected chi connectivity index (χ2v) is 13.1. The number of carbonyl (C=O) groups is 1. The smallest absolute Gasteiger partial charge is 0.229 e. The van der Waals surface area contributed by atoms with E-state index >= 15 is 0 Å². The lowest BCUT2D eigenvalue weighted by Gasteiger charge is -2.60. The van der Waals surface area contributed by atoms with Crippen LogP contribution in [0.15, 0.2) is 61.1 Å². The van der Waals surface area contributed by atoms with Gasteiger partial charge in [0.15, 0.2) is 5.65 Å². The molecule has 1 aromatic carbocycles. The number of imidazole rings is 1. The molecule has 2 saturated heterocycles. The zero-order valence-corrected chi connectivity index (χ0v) is 23.9. The molecule has 0 bridgehead atoms. The molecule has 0 unspecified atom stereocenters. The van der Waals surface area contributed by atoms with Crippen LogP contribution in [0.3, 0.4) is 0 Å². The monoisotopic (exact) mass is 567 g/mol. The van der Waals surface area contributed by atoms with Crippen molar-refractivity contribution in [1.82, 2.24) is 19.3 Å². The molecule has 1 amide bonds. The fraction of sp³-hybridized carbons (Fsp3) is 0.406. The zero-order chi connectivity index (χ0) is 27.7. The number of halogens is 1. The Hall–Kier alpha value is -3.62. The van der Waals surface area contributed by atoms with E-state index in [0.717, 1.165) is 42.1 Å². The SMILES string of the molecule is CN1CC2(C1)CN(c1cc(C3CC3)cn3cc(CNc4ccnc(NC(=O)[C@H]5C[C@@H]5c5cccc(Cl)c5)c4)nc13)C2. The normalized spacial score (nSPS) is 22.8. The second kappa shape index (κ2) is 9.46. The van der Waals surface area contributed by atoms with Crippen LogP contribution in [0.1, 0.15) is 47.9 Å². The van der Waals surface area contributed by atoms with E-state index in [2.05, 4.69) is 55.3 Å². The molecule has 4 aliphatic rings. The minimum absolute atomic E-state index is 0.000271. The van der Waals surface area contributed by atoms with Crippen molar-refractivity contribution in [2.24, 2.45) is 11.3 Å². The quantitative estimate of drug-likeness (QED) is 0.298. The van der Waals surface area contributed by atoms with E-state index in [1.165, 1.54) is 37.2 Å². The summed E-state index contributed by atoms with van der Waals surface area (Å²) in [4.78, 5) is 27.2. The highest BCUT2D eigenvalue weighted by molar-refractivity contribution is 6.30. The van der Waals surface area contributed by atoms with Crippen LogP contribution in [-0.4, -0.2) is 58.4 Å². The van der Waals surface area contributed by atoms with Gasteiger partial charge >= 0.3 is 0 Å². The Balaban J connectivity index is 0.940. The summed E-state index contributed by atoms with van der Waals surface area (Å²) in [5, 5.41) is 7.19. The van der Waals surface area contributed by atoms with Crippen LogP contribution in [0.4, 0.5) is 17.2 Å². The molecule has 210 valence electrons. The number of nitrogens with one attached hydrogen (secondary N) is 2. The van der Waals surface area contributed by atoms with E-state index in [1.54, 1.807) is 6.20 Å². The van der Waals surface area contributed by atoms with Crippen LogP contribution >= 0.6 is 11.6 Å². The standard InChI is InChI=1S/C32H34ClN7O/c1-38-16-32(17-38)18-40(19-32)28-10-22(20-5-6-20)14-39-15-25(36-30(28)39)13-35-24-7-8-34-29(11-24)37-31(41)27-12-26(27)21-3-2-4-23(33)9-21/h2-4,7-11,14-15,20,26-27H,5-6,12-13,16-19H2,1H3,(H2,34,35,37,41)/t26-,27+/m1/s1. The van der Waals surface area contributed by atoms with E-state index in [-0.39, 0.29) is 17.7 Å². The molecule has 1 spiro atoms. The highest BCUT2D eigenvalue weighted by Crippen LogP contribution is 2.48. The third-order valence-corrected chi connectivity index (χ3v) is 9.38. The van der Waals surface area contributed by atoms with Crippen LogP contribution in [0.25, 0.3) is 5.65 Å². The van der Waals surface area contributed by atoms with Gasteiger partial charge in [-0.2, -0.15) is 0 Å².